The Balaban J connectivity index is 2.34. The monoisotopic (exact) mass is 226 g/mol. The van der Waals surface area contributed by atoms with Crippen molar-refractivity contribution >= 4 is 0 Å². The van der Waals surface area contributed by atoms with Gasteiger partial charge in [0.05, 0.1) is 0 Å². The van der Waals surface area contributed by atoms with Crippen LogP contribution in [0, 0.1) is 0 Å². The van der Waals surface area contributed by atoms with E-state index in [1.54, 1.807) is 0 Å². The molecule has 2 rings (SSSR count). The summed E-state index contributed by atoms with van der Waals surface area (Å²) in [5, 5.41) is 0. The molecule has 0 saturated heterocycles. The van der Waals surface area contributed by atoms with Crippen LogP contribution in [0.5, 0.6) is 0 Å². The van der Waals surface area contributed by atoms with Gasteiger partial charge in [-0.3, -0.25) is 4.98 Å². The highest BCUT2D eigenvalue weighted by Gasteiger charge is 2.00. The minimum Gasteiger partial charge on any atom is -0.326 e. The van der Waals surface area contributed by atoms with E-state index in [0.717, 1.165) is 17.5 Å². The van der Waals surface area contributed by atoms with Crippen LogP contribution in [-0.2, 0) is 13.0 Å². The lowest BCUT2D eigenvalue weighted by atomic mass is 10.0. The van der Waals surface area contributed by atoms with E-state index in [1.807, 2.05) is 12.4 Å². The first kappa shape index (κ1) is 11.8. The summed E-state index contributed by atoms with van der Waals surface area (Å²) in [5.74, 6) is 0. The molecule has 0 saturated carbocycles. The fourth-order valence-corrected chi connectivity index (χ4v) is 1.95. The van der Waals surface area contributed by atoms with Gasteiger partial charge in [-0.2, -0.15) is 0 Å². The lowest BCUT2D eigenvalue weighted by Crippen LogP contribution is -1.97. The van der Waals surface area contributed by atoms with Crippen molar-refractivity contribution in [2.45, 2.75) is 26.3 Å². The van der Waals surface area contributed by atoms with Gasteiger partial charge < -0.3 is 5.73 Å². The number of nitrogens with zero attached hydrogens (tertiary/aromatic N) is 1. The summed E-state index contributed by atoms with van der Waals surface area (Å²) in [7, 11) is 0. The third-order valence-electron chi connectivity index (χ3n) is 2.83. The lowest BCUT2D eigenvalue weighted by molar-refractivity contribution is 0.922. The Morgan fingerprint density at radius 2 is 1.88 bits per heavy atom. The molecule has 2 N–H and O–H groups in total. The van der Waals surface area contributed by atoms with Crippen LogP contribution in [0.25, 0.3) is 11.1 Å². The summed E-state index contributed by atoms with van der Waals surface area (Å²) >= 11 is 0. The van der Waals surface area contributed by atoms with Crippen molar-refractivity contribution in [2.75, 3.05) is 0 Å². The molecule has 0 bridgehead atoms. The van der Waals surface area contributed by atoms with Crippen LogP contribution < -0.4 is 5.73 Å². The van der Waals surface area contributed by atoms with Gasteiger partial charge in [0.2, 0.25) is 0 Å². The molecule has 0 spiro atoms. The summed E-state index contributed by atoms with van der Waals surface area (Å²) in [6, 6.07) is 10.7. The van der Waals surface area contributed by atoms with Crippen LogP contribution >= 0.6 is 0 Å². The minimum absolute atomic E-state index is 0.537. The topological polar surface area (TPSA) is 38.9 Å². The zero-order valence-corrected chi connectivity index (χ0v) is 10.2. The van der Waals surface area contributed by atoms with Crippen molar-refractivity contribution in [3.63, 3.8) is 0 Å². The Morgan fingerprint density at radius 3 is 2.65 bits per heavy atom. The number of nitrogens with two attached hydrogens (primary N) is 1. The Hall–Kier alpha value is -1.67. The highest BCUT2D eigenvalue weighted by Crippen LogP contribution is 2.21. The predicted octanol–water partition coefficient (Wildman–Crippen LogP) is 3.16. The van der Waals surface area contributed by atoms with E-state index < -0.39 is 0 Å². The fourth-order valence-electron chi connectivity index (χ4n) is 1.95. The number of benzene rings is 1. The second-order valence-corrected chi connectivity index (χ2v) is 4.24. The van der Waals surface area contributed by atoms with Crippen LogP contribution in [-0.4, -0.2) is 4.98 Å². The quantitative estimate of drug-likeness (QED) is 0.869. The summed E-state index contributed by atoms with van der Waals surface area (Å²) in [6.07, 6.45) is 6.01. The second-order valence-electron chi connectivity index (χ2n) is 4.24. The smallest absolute Gasteiger partial charge is 0.0346 e. The van der Waals surface area contributed by atoms with Crippen molar-refractivity contribution < 1.29 is 0 Å². The molecule has 2 aromatic rings. The van der Waals surface area contributed by atoms with Crippen LogP contribution in [0.1, 0.15) is 24.5 Å². The molecule has 0 radical (unpaired) electrons. The molecule has 0 atom stereocenters. The van der Waals surface area contributed by atoms with Crippen molar-refractivity contribution in [1.29, 1.82) is 0 Å². The maximum absolute atomic E-state index is 5.63. The minimum atomic E-state index is 0.537. The van der Waals surface area contributed by atoms with Crippen LogP contribution in [0.2, 0.25) is 0 Å². The molecule has 0 aliphatic heterocycles. The average Bonchev–Trinajstić information content (AvgIpc) is 2.40. The van der Waals surface area contributed by atoms with Gasteiger partial charge in [-0.25, -0.2) is 0 Å². The number of aryl methyl sites for hydroxylation is 1. The summed E-state index contributed by atoms with van der Waals surface area (Å²) in [4.78, 5) is 4.23. The molecule has 88 valence electrons. The predicted molar refractivity (Wildman–Crippen MR) is 71.6 cm³/mol. The van der Waals surface area contributed by atoms with E-state index >= 15 is 0 Å². The van der Waals surface area contributed by atoms with Gasteiger partial charge in [-0.05, 0) is 29.2 Å². The van der Waals surface area contributed by atoms with Gasteiger partial charge in [0.15, 0.2) is 0 Å². The molecular formula is C15H18N2. The van der Waals surface area contributed by atoms with Gasteiger partial charge in [0.1, 0.15) is 0 Å². The summed E-state index contributed by atoms with van der Waals surface area (Å²) in [6.45, 7) is 2.73. The SMILES string of the molecule is CCCc1cccc(-c2cncc(CN)c2)c1. The molecule has 1 heterocycles. The molecule has 2 nitrogen and oxygen atoms in total. The van der Waals surface area contributed by atoms with Crippen LogP contribution in [0.4, 0.5) is 0 Å². The first-order valence-corrected chi connectivity index (χ1v) is 6.06. The molecule has 17 heavy (non-hydrogen) atoms. The lowest BCUT2D eigenvalue weighted by Gasteiger charge is -2.06. The van der Waals surface area contributed by atoms with E-state index in [1.165, 1.54) is 17.5 Å². The number of pyridine rings is 1. The molecule has 0 amide bonds. The van der Waals surface area contributed by atoms with Gasteiger partial charge in [-0.15, -0.1) is 0 Å². The number of rotatable bonds is 4. The van der Waals surface area contributed by atoms with Gasteiger partial charge in [0.25, 0.3) is 0 Å². The maximum atomic E-state index is 5.63. The van der Waals surface area contributed by atoms with Gasteiger partial charge >= 0.3 is 0 Å². The second kappa shape index (κ2) is 5.60. The normalized spacial score (nSPS) is 10.5. The standard InChI is InChI=1S/C15H18N2/c1-2-4-12-5-3-6-14(7-12)15-8-13(9-16)10-17-11-15/h3,5-8,10-11H,2,4,9,16H2,1H3. The molecule has 0 aliphatic carbocycles. The fraction of sp³-hybridized carbons (Fsp3) is 0.267. The van der Waals surface area contributed by atoms with E-state index in [-0.39, 0.29) is 0 Å². The number of aromatic nitrogens is 1. The average molecular weight is 226 g/mol. The third-order valence-corrected chi connectivity index (χ3v) is 2.83. The van der Waals surface area contributed by atoms with Gasteiger partial charge in [-0.1, -0.05) is 37.6 Å². The van der Waals surface area contributed by atoms with Crippen molar-refractivity contribution in [3.05, 3.63) is 53.9 Å². The van der Waals surface area contributed by atoms with E-state index in [4.69, 9.17) is 5.73 Å². The van der Waals surface area contributed by atoms with Gasteiger partial charge in [0, 0.05) is 24.5 Å². The zero-order chi connectivity index (χ0) is 12.1. The first-order valence-electron chi connectivity index (χ1n) is 6.06. The van der Waals surface area contributed by atoms with E-state index in [9.17, 15) is 0 Å². The van der Waals surface area contributed by atoms with E-state index in [0.29, 0.717) is 6.54 Å². The maximum Gasteiger partial charge on any atom is 0.0346 e. The van der Waals surface area contributed by atoms with Crippen molar-refractivity contribution in [2.24, 2.45) is 5.73 Å². The molecule has 1 aromatic heterocycles. The Bertz CT molecular complexity index is 492. The largest absolute Gasteiger partial charge is 0.326 e. The molecule has 1 aromatic carbocycles. The van der Waals surface area contributed by atoms with Crippen LogP contribution in [0.3, 0.4) is 0 Å². The van der Waals surface area contributed by atoms with Crippen molar-refractivity contribution in [1.82, 2.24) is 4.98 Å². The van der Waals surface area contributed by atoms with Crippen molar-refractivity contribution in [3.8, 4) is 11.1 Å². The molecular weight excluding hydrogens is 208 g/mol. The highest BCUT2D eigenvalue weighted by atomic mass is 14.6. The summed E-state index contributed by atoms with van der Waals surface area (Å²) in [5.41, 5.74) is 10.5. The zero-order valence-electron chi connectivity index (χ0n) is 10.2. The molecule has 0 unspecified atom stereocenters. The molecule has 2 heteroatoms. The molecule has 0 fully saturated rings. The number of hydrogen-bond acceptors (Lipinski definition) is 2. The number of hydrogen-bond donors (Lipinski definition) is 1. The van der Waals surface area contributed by atoms with Crippen LogP contribution in [0.15, 0.2) is 42.7 Å². The Morgan fingerprint density at radius 1 is 1.06 bits per heavy atom. The third kappa shape index (κ3) is 2.92. The Kier molecular flexibility index (Phi) is 3.89. The summed E-state index contributed by atoms with van der Waals surface area (Å²) < 4.78 is 0. The first-order chi connectivity index (χ1) is 8.33. The Labute approximate surface area is 103 Å². The highest BCUT2D eigenvalue weighted by molar-refractivity contribution is 5.63. The van der Waals surface area contributed by atoms with E-state index in [2.05, 4.69) is 42.2 Å². The molecule has 0 aliphatic rings.